The number of hydrogen-bond donors (Lipinski definition) is 1. The fourth-order valence-electron chi connectivity index (χ4n) is 2.91. The predicted molar refractivity (Wildman–Crippen MR) is 84.7 cm³/mol. The van der Waals surface area contributed by atoms with Gasteiger partial charge >= 0.3 is 0 Å². The fraction of sp³-hybridized carbons (Fsp3) is 0.353. The molecule has 4 heteroatoms. The van der Waals surface area contributed by atoms with E-state index in [1.807, 2.05) is 17.0 Å². The summed E-state index contributed by atoms with van der Waals surface area (Å²) in [6, 6.07) is 12.2. The van der Waals surface area contributed by atoms with Gasteiger partial charge in [-0.15, -0.1) is 0 Å². The van der Waals surface area contributed by atoms with Gasteiger partial charge in [0.1, 0.15) is 5.69 Å². The first-order valence-corrected chi connectivity index (χ1v) is 7.49. The number of carbonyl (C=O) groups excluding carboxylic acids is 1. The highest BCUT2D eigenvalue weighted by atomic mass is 16.2. The second-order valence-electron chi connectivity index (χ2n) is 5.50. The largest absolute Gasteiger partial charge is 0.369 e. The highest BCUT2D eigenvalue weighted by Gasteiger charge is 2.21. The Kier molecular flexibility index (Phi) is 3.95. The van der Waals surface area contributed by atoms with Crippen LogP contribution in [0.4, 0.5) is 5.69 Å². The van der Waals surface area contributed by atoms with Crippen LogP contribution in [0.2, 0.25) is 0 Å². The Bertz CT molecular complexity index is 606. The van der Waals surface area contributed by atoms with Crippen molar-refractivity contribution in [3.05, 3.63) is 53.9 Å². The SMILES string of the molecule is Cc1ccccc1N1CCCN(C(=O)c2ccc[nH]2)CC1. The molecule has 1 amide bonds. The number of rotatable bonds is 2. The third-order valence-corrected chi connectivity index (χ3v) is 4.07. The summed E-state index contributed by atoms with van der Waals surface area (Å²) in [6.07, 6.45) is 2.80. The van der Waals surface area contributed by atoms with Gasteiger partial charge in [0.25, 0.3) is 5.91 Å². The first kappa shape index (κ1) is 13.7. The summed E-state index contributed by atoms with van der Waals surface area (Å²) in [7, 11) is 0. The number of amides is 1. The second-order valence-corrected chi connectivity index (χ2v) is 5.50. The Labute approximate surface area is 125 Å². The summed E-state index contributed by atoms with van der Waals surface area (Å²) >= 11 is 0. The lowest BCUT2D eigenvalue weighted by Gasteiger charge is -2.25. The van der Waals surface area contributed by atoms with E-state index in [0.29, 0.717) is 5.69 Å². The van der Waals surface area contributed by atoms with Gasteiger partial charge in [0, 0.05) is 38.1 Å². The molecule has 1 aliphatic rings. The number of anilines is 1. The molecule has 1 saturated heterocycles. The number of aromatic amines is 1. The molecular weight excluding hydrogens is 262 g/mol. The molecule has 1 aliphatic heterocycles. The van der Waals surface area contributed by atoms with Gasteiger partial charge in [-0.2, -0.15) is 0 Å². The Hall–Kier alpha value is -2.23. The molecule has 0 atom stereocenters. The zero-order valence-corrected chi connectivity index (χ0v) is 12.4. The highest BCUT2D eigenvalue weighted by Crippen LogP contribution is 2.21. The quantitative estimate of drug-likeness (QED) is 0.920. The Morgan fingerprint density at radius 1 is 1.05 bits per heavy atom. The normalized spacial score (nSPS) is 15.9. The standard InChI is InChI=1S/C17H21N3O/c1-14-6-2-3-8-16(14)19-10-5-11-20(13-12-19)17(21)15-7-4-9-18-15/h2-4,6-9,18H,5,10-13H2,1H3. The number of aryl methyl sites for hydroxylation is 1. The summed E-state index contributed by atoms with van der Waals surface area (Å²) in [6.45, 7) is 5.62. The molecular formula is C17H21N3O. The minimum absolute atomic E-state index is 0.103. The molecule has 0 saturated carbocycles. The minimum Gasteiger partial charge on any atom is -0.369 e. The first-order valence-electron chi connectivity index (χ1n) is 7.49. The van der Waals surface area contributed by atoms with Crippen molar-refractivity contribution in [2.75, 3.05) is 31.1 Å². The zero-order chi connectivity index (χ0) is 14.7. The summed E-state index contributed by atoms with van der Waals surface area (Å²) < 4.78 is 0. The van der Waals surface area contributed by atoms with Crippen molar-refractivity contribution in [1.29, 1.82) is 0 Å². The van der Waals surface area contributed by atoms with E-state index in [-0.39, 0.29) is 5.91 Å². The first-order chi connectivity index (χ1) is 10.3. The molecule has 4 nitrogen and oxygen atoms in total. The average Bonchev–Trinajstić information content (AvgIpc) is 2.92. The zero-order valence-electron chi connectivity index (χ0n) is 12.4. The van der Waals surface area contributed by atoms with Crippen LogP contribution in [-0.4, -0.2) is 42.0 Å². The van der Waals surface area contributed by atoms with Crippen molar-refractivity contribution in [3.63, 3.8) is 0 Å². The molecule has 0 spiro atoms. The molecule has 21 heavy (non-hydrogen) atoms. The number of nitrogens with zero attached hydrogens (tertiary/aromatic N) is 2. The molecule has 1 aromatic heterocycles. The number of carbonyl (C=O) groups is 1. The Morgan fingerprint density at radius 2 is 1.90 bits per heavy atom. The smallest absolute Gasteiger partial charge is 0.270 e. The molecule has 2 heterocycles. The number of aromatic nitrogens is 1. The highest BCUT2D eigenvalue weighted by molar-refractivity contribution is 5.92. The number of H-pyrrole nitrogens is 1. The van der Waals surface area contributed by atoms with Crippen molar-refractivity contribution in [2.24, 2.45) is 0 Å². The van der Waals surface area contributed by atoms with Crippen molar-refractivity contribution in [2.45, 2.75) is 13.3 Å². The van der Waals surface area contributed by atoms with Crippen molar-refractivity contribution >= 4 is 11.6 Å². The van der Waals surface area contributed by atoms with E-state index in [1.54, 1.807) is 6.20 Å². The molecule has 0 bridgehead atoms. The van der Waals surface area contributed by atoms with Crippen LogP contribution in [0.5, 0.6) is 0 Å². The maximum Gasteiger partial charge on any atom is 0.270 e. The summed E-state index contributed by atoms with van der Waals surface area (Å²) in [5.74, 6) is 0.103. The molecule has 3 rings (SSSR count). The van der Waals surface area contributed by atoms with Gasteiger partial charge in [-0.3, -0.25) is 4.79 Å². The van der Waals surface area contributed by atoms with Crippen LogP contribution in [-0.2, 0) is 0 Å². The van der Waals surface area contributed by atoms with Crippen molar-refractivity contribution in [1.82, 2.24) is 9.88 Å². The summed E-state index contributed by atoms with van der Waals surface area (Å²) in [5, 5.41) is 0. The van der Waals surface area contributed by atoms with Gasteiger partial charge in [0.05, 0.1) is 0 Å². The lowest BCUT2D eigenvalue weighted by atomic mass is 10.2. The predicted octanol–water partition coefficient (Wildman–Crippen LogP) is 2.68. The van der Waals surface area contributed by atoms with Crippen LogP contribution in [0.3, 0.4) is 0 Å². The van der Waals surface area contributed by atoms with Gasteiger partial charge in [0.2, 0.25) is 0 Å². The molecule has 1 aromatic carbocycles. The van der Waals surface area contributed by atoms with Crippen LogP contribution in [0.25, 0.3) is 0 Å². The van der Waals surface area contributed by atoms with Crippen LogP contribution < -0.4 is 4.90 Å². The van der Waals surface area contributed by atoms with E-state index in [9.17, 15) is 4.79 Å². The van der Waals surface area contributed by atoms with E-state index < -0.39 is 0 Å². The second kappa shape index (κ2) is 6.04. The summed E-state index contributed by atoms with van der Waals surface area (Å²) in [4.78, 5) is 19.7. The number of para-hydroxylation sites is 1. The van der Waals surface area contributed by atoms with E-state index in [0.717, 1.165) is 32.6 Å². The average molecular weight is 283 g/mol. The molecule has 1 N–H and O–H groups in total. The molecule has 2 aromatic rings. The Morgan fingerprint density at radius 3 is 2.67 bits per heavy atom. The van der Waals surface area contributed by atoms with Crippen LogP contribution in [0.15, 0.2) is 42.6 Å². The van der Waals surface area contributed by atoms with Crippen LogP contribution in [0.1, 0.15) is 22.5 Å². The topological polar surface area (TPSA) is 39.3 Å². The van der Waals surface area contributed by atoms with Crippen LogP contribution >= 0.6 is 0 Å². The lowest BCUT2D eigenvalue weighted by Crippen LogP contribution is -2.35. The monoisotopic (exact) mass is 283 g/mol. The fourth-order valence-corrected chi connectivity index (χ4v) is 2.91. The molecule has 110 valence electrons. The number of benzene rings is 1. The van der Waals surface area contributed by atoms with Gasteiger partial charge in [-0.1, -0.05) is 18.2 Å². The van der Waals surface area contributed by atoms with E-state index in [2.05, 4.69) is 41.1 Å². The Balaban J connectivity index is 1.70. The summed E-state index contributed by atoms with van der Waals surface area (Å²) in [5.41, 5.74) is 3.26. The molecule has 0 unspecified atom stereocenters. The minimum atomic E-state index is 0.103. The van der Waals surface area contributed by atoms with Crippen LogP contribution in [0, 0.1) is 6.92 Å². The third kappa shape index (κ3) is 2.94. The van der Waals surface area contributed by atoms with E-state index >= 15 is 0 Å². The van der Waals surface area contributed by atoms with Crippen molar-refractivity contribution < 1.29 is 4.79 Å². The van der Waals surface area contributed by atoms with Gasteiger partial charge in [-0.25, -0.2) is 0 Å². The van der Waals surface area contributed by atoms with E-state index in [1.165, 1.54) is 11.3 Å². The van der Waals surface area contributed by atoms with E-state index in [4.69, 9.17) is 0 Å². The lowest BCUT2D eigenvalue weighted by molar-refractivity contribution is 0.0762. The van der Waals surface area contributed by atoms with Gasteiger partial charge in [-0.05, 0) is 37.1 Å². The molecule has 0 aliphatic carbocycles. The van der Waals surface area contributed by atoms with Gasteiger partial charge < -0.3 is 14.8 Å². The van der Waals surface area contributed by atoms with Crippen molar-refractivity contribution in [3.8, 4) is 0 Å². The number of nitrogens with one attached hydrogen (secondary N) is 1. The van der Waals surface area contributed by atoms with Gasteiger partial charge in [0.15, 0.2) is 0 Å². The third-order valence-electron chi connectivity index (χ3n) is 4.07. The molecule has 0 radical (unpaired) electrons. The maximum absolute atomic E-state index is 12.4. The number of hydrogen-bond acceptors (Lipinski definition) is 2. The maximum atomic E-state index is 12.4. The molecule has 1 fully saturated rings.